The summed E-state index contributed by atoms with van der Waals surface area (Å²) >= 11 is 0. The van der Waals surface area contributed by atoms with E-state index in [2.05, 4.69) is 42.0 Å². The summed E-state index contributed by atoms with van der Waals surface area (Å²) in [5.41, 5.74) is 20.2. The fraction of sp³-hybridized carbons (Fsp3) is 0.333. The first-order chi connectivity index (χ1) is 29.1. The van der Waals surface area contributed by atoms with Gasteiger partial charge in [-0.05, 0) is 126 Å². The quantitative estimate of drug-likeness (QED) is 0.0280. The highest BCUT2D eigenvalue weighted by molar-refractivity contribution is 6.06. The number of unbranched alkanes of at least 4 members (excludes halogenated alkanes) is 1. The lowest BCUT2D eigenvalue weighted by molar-refractivity contribution is -0.307. The fourth-order valence-electron chi connectivity index (χ4n) is 7.87. The summed E-state index contributed by atoms with van der Waals surface area (Å²) in [6.07, 6.45) is 13.8. The van der Waals surface area contributed by atoms with E-state index in [1.54, 1.807) is 42.6 Å². The van der Waals surface area contributed by atoms with Gasteiger partial charge in [-0.25, -0.2) is 0 Å². The molecule has 1 heterocycles. The van der Waals surface area contributed by atoms with Crippen molar-refractivity contribution in [2.45, 2.75) is 89.6 Å². The van der Waals surface area contributed by atoms with Gasteiger partial charge in [0.1, 0.15) is 5.75 Å². The molecule has 0 bridgehead atoms. The van der Waals surface area contributed by atoms with E-state index in [1.165, 1.54) is 11.1 Å². The highest BCUT2D eigenvalue weighted by atomic mass is 16.5. The maximum atomic E-state index is 13.7. The number of carbonyl (C=O) groups is 1. The number of carbonyl (C=O) groups excluding carboxylic acids is 1. The average molecular weight is 807 g/mol. The first kappa shape index (κ1) is 43.7. The van der Waals surface area contributed by atoms with Crippen LogP contribution in [0.15, 0.2) is 120 Å². The Balaban J connectivity index is 1.02. The second-order valence-electron chi connectivity index (χ2n) is 15.8. The minimum Gasteiger partial charge on any atom is -0.875 e. The highest BCUT2D eigenvalue weighted by Crippen LogP contribution is 2.39. The molecule has 0 spiro atoms. The van der Waals surface area contributed by atoms with Gasteiger partial charge in [-0.1, -0.05) is 85.9 Å². The zero-order valence-corrected chi connectivity index (χ0v) is 34.4. The van der Waals surface area contributed by atoms with Gasteiger partial charge in [0.25, 0.3) is 0 Å². The molecule has 6 rings (SSSR count). The third kappa shape index (κ3) is 11.9. The van der Waals surface area contributed by atoms with Gasteiger partial charge >= 0.3 is 0 Å². The number of phenols is 2. The molecule has 0 amide bonds. The number of aliphatic hydroxyl groups is 1. The molecule has 9 nitrogen and oxygen atoms in total. The number of hydrogen-bond donors (Lipinski definition) is 5. The number of allylic oxidation sites excluding steroid dienone is 5. The molecule has 1 aliphatic carbocycles. The number of nitrogens with two attached hydrogens (primary N) is 2. The second-order valence-corrected chi connectivity index (χ2v) is 15.8. The third-order valence-electron chi connectivity index (χ3n) is 11.4. The van der Waals surface area contributed by atoms with Gasteiger partial charge in [-0.3, -0.25) is 9.79 Å². The summed E-state index contributed by atoms with van der Waals surface area (Å²) in [5.74, 6) is 6.84. The number of aromatic hydroxyl groups is 2. The van der Waals surface area contributed by atoms with Crippen LogP contribution in [0.2, 0.25) is 0 Å². The number of ether oxygens (including phenoxy) is 1. The molecular formula is C51H56N3O6-. The van der Waals surface area contributed by atoms with Crippen molar-refractivity contribution in [3.63, 3.8) is 0 Å². The van der Waals surface area contributed by atoms with Gasteiger partial charge in [0.05, 0.1) is 24.9 Å². The van der Waals surface area contributed by atoms with Crippen LogP contribution in [-0.2, 0) is 30.5 Å². The fourth-order valence-corrected chi connectivity index (χ4v) is 7.87. The number of aryl methyl sites for hydroxylation is 2. The average Bonchev–Trinajstić information content (AvgIpc) is 3.72. The molecule has 7 N–H and O–H groups in total. The molecule has 2 aliphatic rings. The molecular weight excluding hydrogens is 751 g/mol. The van der Waals surface area contributed by atoms with Crippen molar-refractivity contribution in [2.75, 3.05) is 13.2 Å². The van der Waals surface area contributed by atoms with Crippen LogP contribution in [0.4, 0.5) is 0 Å². The zero-order chi connectivity index (χ0) is 42.4. The number of benzene rings is 4. The van der Waals surface area contributed by atoms with Gasteiger partial charge in [0, 0.05) is 42.7 Å². The molecule has 312 valence electrons. The summed E-state index contributed by atoms with van der Waals surface area (Å²) < 4.78 is 6.06. The Labute approximate surface area is 353 Å². The van der Waals surface area contributed by atoms with Gasteiger partial charge < -0.3 is 36.6 Å². The molecule has 1 aliphatic heterocycles. The summed E-state index contributed by atoms with van der Waals surface area (Å²) in [6.45, 7) is 2.68. The van der Waals surface area contributed by atoms with Crippen LogP contribution < -0.4 is 21.3 Å². The van der Waals surface area contributed by atoms with Crippen LogP contribution in [0, 0.1) is 17.8 Å². The number of phenolic OH excluding ortho intramolecular Hbond substituents is 2. The van der Waals surface area contributed by atoms with E-state index in [-0.39, 0.29) is 42.7 Å². The van der Waals surface area contributed by atoms with Crippen molar-refractivity contribution in [3.8, 4) is 29.1 Å². The molecule has 0 fully saturated rings. The van der Waals surface area contributed by atoms with E-state index in [0.29, 0.717) is 71.7 Å². The SMILES string of the molecule is CC(CCCC=CC(=O)CCc1ccc(O)c(OCCc2ccc(O)c(C3CC([O-])=C4C=CN=C4CC#Cc4cc(C(N)N)ccc43)c2)c1)CCc1ccccc1CCO. The maximum Gasteiger partial charge on any atom is 0.161 e. The first-order valence-electron chi connectivity index (χ1n) is 21.0. The number of fused-ring (bicyclic) bond motifs is 2. The van der Waals surface area contributed by atoms with Crippen LogP contribution >= 0.6 is 0 Å². The molecule has 9 heteroatoms. The van der Waals surface area contributed by atoms with Crippen molar-refractivity contribution in [3.05, 3.63) is 159 Å². The lowest BCUT2D eigenvalue weighted by Gasteiger charge is -2.27. The number of aliphatic imine (C=N–C) groups is 1. The lowest BCUT2D eigenvalue weighted by Crippen LogP contribution is -2.21. The van der Waals surface area contributed by atoms with Crippen molar-refractivity contribution in [1.29, 1.82) is 0 Å². The molecule has 2 atom stereocenters. The Kier molecular flexibility index (Phi) is 15.5. The lowest BCUT2D eigenvalue weighted by atomic mass is 9.82. The standard InChI is InChI=1S/C51H57N3O6/c1-34(14-18-37-9-5-6-10-38(37)25-28-55)8-3-2-4-12-41(56)20-15-35-17-23-48(58)50(31-35)60-29-26-36-16-22-47(57)45(30-36)44-33-49(59)43-24-27-54-46(43)13-7-11-39-32-40(51(52)53)19-21-42(39)44/h4-6,9-10,12,16-17,19,21-24,27,30-32,34,44,51,55,57-59H,2-3,8,13-15,18,20,25-26,28-29,33,52-53H2,1H3/p-1. The van der Waals surface area contributed by atoms with Gasteiger partial charge in [0.2, 0.25) is 0 Å². The number of ketones is 1. The maximum absolute atomic E-state index is 13.7. The predicted octanol–water partition coefficient (Wildman–Crippen LogP) is 7.53. The number of nitrogens with zero attached hydrogens (tertiary/aromatic N) is 1. The minimum absolute atomic E-state index is 0.00985. The summed E-state index contributed by atoms with van der Waals surface area (Å²) in [7, 11) is 0. The monoisotopic (exact) mass is 806 g/mol. The van der Waals surface area contributed by atoms with Gasteiger partial charge in [0.15, 0.2) is 17.3 Å². The van der Waals surface area contributed by atoms with E-state index >= 15 is 0 Å². The van der Waals surface area contributed by atoms with Gasteiger partial charge in [-0.15, -0.1) is 5.76 Å². The Morgan fingerprint density at radius 3 is 2.48 bits per heavy atom. The van der Waals surface area contributed by atoms with Crippen molar-refractivity contribution < 1.29 is 30.0 Å². The topological polar surface area (TPSA) is 174 Å². The number of hydrogen-bond acceptors (Lipinski definition) is 9. The molecule has 4 aromatic carbocycles. The molecule has 4 aromatic rings. The van der Waals surface area contributed by atoms with E-state index in [9.17, 15) is 25.2 Å². The van der Waals surface area contributed by atoms with Crippen LogP contribution in [0.5, 0.6) is 17.2 Å². The number of rotatable bonds is 19. The van der Waals surface area contributed by atoms with E-state index in [1.807, 2.05) is 42.5 Å². The minimum atomic E-state index is -0.697. The Bertz CT molecular complexity index is 2330. The Morgan fingerprint density at radius 1 is 0.933 bits per heavy atom. The predicted molar refractivity (Wildman–Crippen MR) is 236 cm³/mol. The largest absolute Gasteiger partial charge is 0.875 e. The summed E-state index contributed by atoms with van der Waals surface area (Å²) in [6, 6.07) is 24.4. The van der Waals surface area contributed by atoms with E-state index in [0.717, 1.165) is 48.8 Å². The summed E-state index contributed by atoms with van der Waals surface area (Å²) in [5, 5.41) is 44.9. The highest BCUT2D eigenvalue weighted by Gasteiger charge is 2.24. The normalized spacial score (nSPS) is 15.3. The van der Waals surface area contributed by atoms with Crippen molar-refractivity contribution in [2.24, 2.45) is 22.4 Å². The molecule has 0 radical (unpaired) electrons. The second kappa shape index (κ2) is 21.4. The zero-order valence-electron chi connectivity index (χ0n) is 34.4. The van der Waals surface area contributed by atoms with E-state index in [4.69, 9.17) is 16.2 Å². The molecule has 2 unspecified atom stereocenters. The van der Waals surface area contributed by atoms with E-state index < -0.39 is 12.1 Å². The van der Waals surface area contributed by atoms with Crippen LogP contribution in [0.1, 0.15) is 108 Å². The third-order valence-corrected chi connectivity index (χ3v) is 11.4. The smallest absolute Gasteiger partial charge is 0.161 e. The molecule has 0 saturated carbocycles. The van der Waals surface area contributed by atoms with Gasteiger partial charge in [-0.2, -0.15) is 0 Å². The molecule has 60 heavy (non-hydrogen) atoms. The Hall–Kier alpha value is -5.92. The Morgan fingerprint density at radius 2 is 1.70 bits per heavy atom. The summed E-state index contributed by atoms with van der Waals surface area (Å²) in [4.78, 5) is 17.1. The first-order valence-corrected chi connectivity index (χ1v) is 21.0. The van der Waals surface area contributed by atoms with Crippen LogP contribution in [0.3, 0.4) is 0 Å². The molecule has 0 aromatic heterocycles. The van der Waals surface area contributed by atoms with Crippen LogP contribution in [0.25, 0.3) is 0 Å². The molecule has 0 saturated heterocycles. The van der Waals surface area contributed by atoms with Crippen molar-refractivity contribution in [1.82, 2.24) is 0 Å². The van der Waals surface area contributed by atoms with Crippen molar-refractivity contribution >= 4 is 11.5 Å². The number of aliphatic hydroxyl groups excluding tert-OH is 1. The van der Waals surface area contributed by atoms with Crippen LogP contribution in [-0.4, -0.2) is 40.0 Å².